The number of rotatable bonds is 3. The van der Waals surface area contributed by atoms with E-state index in [0.29, 0.717) is 12.8 Å². The molecule has 16 heavy (non-hydrogen) atoms. The zero-order valence-corrected chi connectivity index (χ0v) is 9.32. The zero-order chi connectivity index (χ0) is 11.0. The van der Waals surface area contributed by atoms with Crippen LogP contribution >= 0.6 is 0 Å². The smallest absolute Gasteiger partial charge is 0.231 e. The predicted octanol–water partition coefficient (Wildman–Crippen LogP) is 2.09. The van der Waals surface area contributed by atoms with Gasteiger partial charge in [0, 0.05) is 6.04 Å². The molecule has 3 nitrogen and oxygen atoms in total. The average molecular weight is 219 g/mol. The number of benzene rings is 1. The van der Waals surface area contributed by atoms with Gasteiger partial charge in [0.25, 0.3) is 0 Å². The average Bonchev–Trinajstić information content (AvgIpc) is 2.61. The van der Waals surface area contributed by atoms with Crippen molar-refractivity contribution in [2.45, 2.75) is 31.7 Å². The van der Waals surface area contributed by atoms with E-state index in [1.165, 1.54) is 24.8 Å². The summed E-state index contributed by atoms with van der Waals surface area (Å²) < 4.78 is 10.6. The first kappa shape index (κ1) is 9.97. The molecule has 1 aliphatic heterocycles. The van der Waals surface area contributed by atoms with Gasteiger partial charge in [0.15, 0.2) is 11.5 Å². The fraction of sp³-hybridized carbons (Fsp3) is 0.538. The summed E-state index contributed by atoms with van der Waals surface area (Å²) in [7, 11) is 0. The van der Waals surface area contributed by atoms with Gasteiger partial charge < -0.3 is 15.2 Å². The Bertz CT molecular complexity index is 388. The minimum atomic E-state index is 0.300. The van der Waals surface area contributed by atoms with Gasteiger partial charge in [-0.25, -0.2) is 0 Å². The summed E-state index contributed by atoms with van der Waals surface area (Å²) in [6, 6.07) is 6.42. The van der Waals surface area contributed by atoms with Gasteiger partial charge in [-0.2, -0.15) is 0 Å². The molecule has 1 saturated carbocycles. The van der Waals surface area contributed by atoms with Crippen molar-refractivity contribution in [3.63, 3.8) is 0 Å². The monoisotopic (exact) mass is 219 g/mol. The van der Waals surface area contributed by atoms with Crippen LogP contribution in [-0.2, 0) is 6.42 Å². The largest absolute Gasteiger partial charge is 0.454 e. The Balaban J connectivity index is 1.69. The van der Waals surface area contributed by atoms with E-state index in [2.05, 4.69) is 12.1 Å². The fourth-order valence-electron chi connectivity index (χ4n) is 2.37. The van der Waals surface area contributed by atoms with E-state index < -0.39 is 0 Å². The van der Waals surface area contributed by atoms with Crippen molar-refractivity contribution in [1.29, 1.82) is 0 Å². The highest BCUT2D eigenvalue weighted by molar-refractivity contribution is 5.44. The molecule has 2 N–H and O–H groups in total. The minimum absolute atomic E-state index is 0.300. The maximum Gasteiger partial charge on any atom is 0.231 e. The topological polar surface area (TPSA) is 44.5 Å². The van der Waals surface area contributed by atoms with Gasteiger partial charge >= 0.3 is 0 Å². The van der Waals surface area contributed by atoms with E-state index in [9.17, 15) is 0 Å². The van der Waals surface area contributed by atoms with Crippen LogP contribution in [0, 0.1) is 5.92 Å². The third kappa shape index (κ3) is 1.76. The summed E-state index contributed by atoms with van der Waals surface area (Å²) in [5, 5.41) is 0. The molecule has 86 valence electrons. The van der Waals surface area contributed by atoms with Crippen molar-refractivity contribution in [1.82, 2.24) is 0 Å². The summed E-state index contributed by atoms with van der Waals surface area (Å²) in [5.74, 6) is 2.43. The van der Waals surface area contributed by atoms with Gasteiger partial charge in [0.05, 0.1) is 0 Å². The van der Waals surface area contributed by atoms with Crippen molar-refractivity contribution in [2.24, 2.45) is 11.7 Å². The lowest BCUT2D eigenvalue weighted by Crippen LogP contribution is -2.36. The van der Waals surface area contributed by atoms with Gasteiger partial charge in [-0.3, -0.25) is 0 Å². The van der Waals surface area contributed by atoms with E-state index in [4.69, 9.17) is 15.2 Å². The lowest BCUT2D eigenvalue weighted by Gasteiger charge is -2.31. The van der Waals surface area contributed by atoms with Gasteiger partial charge in [0.1, 0.15) is 0 Å². The first-order valence-electron chi connectivity index (χ1n) is 5.97. The Labute approximate surface area is 95.5 Å². The Kier molecular flexibility index (Phi) is 2.48. The van der Waals surface area contributed by atoms with Crippen molar-refractivity contribution in [3.8, 4) is 11.5 Å². The molecular formula is C13H17NO2. The molecule has 1 fully saturated rings. The van der Waals surface area contributed by atoms with Crippen LogP contribution in [0.15, 0.2) is 18.2 Å². The van der Waals surface area contributed by atoms with Gasteiger partial charge in [0.2, 0.25) is 6.79 Å². The van der Waals surface area contributed by atoms with Crippen LogP contribution in [-0.4, -0.2) is 12.8 Å². The van der Waals surface area contributed by atoms with Crippen LogP contribution in [0.3, 0.4) is 0 Å². The highest BCUT2D eigenvalue weighted by Gasteiger charge is 2.24. The highest BCUT2D eigenvalue weighted by Crippen LogP contribution is 2.34. The molecule has 1 unspecified atom stereocenters. The van der Waals surface area contributed by atoms with Crippen LogP contribution in [0.25, 0.3) is 0 Å². The molecule has 1 aromatic carbocycles. The minimum Gasteiger partial charge on any atom is -0.454 e. The molecule has 2 aliphatic rings. The number of nitrogens with two attached hydrogens (primary N) is 1. The van der Waals surface area contributed by atoms with Crippen molar-refractivity contribution in [3.05, 3.63) is 23.8 Å². The second-order valence-electron chi connectivity index (χ2n) is 4.75. The molecule has 1 aromatic rings. The highest BCUT2D eigenvalue weighted by atomic mass is 16.7. The maximum absolute atomic E-state index is 6.18. The maximum atomic E-state index is 6.18. The molecule has 3 heteroatoms. The van der Waals surface area contributed by atoms with Crippen LogP contribution in [0.5, 0.6) is 11.5 Å². The second kappa shape index (κ2) is 3.98. The van der Waals surface area contributed by atoms with Crippen LogP contribution < -0.4 is 15.2 Å². The molecule has 1 aliphatic carbocycles. The van der Waals surface area contributed by atoms with E-state index >= 15 is 0 Å². The Hall–Kier alpha value is -1.22. The van der Waals surface area contributed by atoms with E-state index in [1.807, 2.05) is 6.07 Å². The zero-order valence-electron chi connectivity index (χ0n) is 9.32. The summed E-state index contributed by atoms with van der Waals surface area (Å²) >= 11 is 0. The lowest BCUT2D eigenvalue weighted by molar-refractivity contribution is 0.174. The molecule has 1 atom stereocenters. The standard InChI is InChI=1S/C13H17NO2/c14-11(10-2-1-3-10)6-9-4-5-12-13(7-9)16-8-15-12/h4-5,7,10-11H,1-3,6,8,14H2. The lowest BCUT2D eigenvalue weighted by atomic mass is 9.78. The summed E-state index contributed by atoms with van der Waals surface area (Å²) in [4.78, 5) is 0. The molecule has 1 heterocycles. The van der Waals surface area contributed by atoms with Gasteiger partial charge in [-0.15, -0.1) is 0 Å². The van der Waals surface area contributed by atoms with Gasteiger partial charge in [-0.05, 0) is 42.9 Å². The number of ether oxygens (including phenoxy) is 2. The SMILES string of the molecule is NC(Cc1ccc2c(c1)OCO2)C1CCC1. The molecule has 0 radical (unpaired) electrons. The molecule has 0 aromatic heterocycles. The van der Waals surface area contributed by atoms with Crippen LogP contribution in [0.2, 0.25) is 0 Å². The molecule has 0 amide bonds. The van der Waals surface area contributed by atoms with Gasteiger partial charge in [-0.1, -0.05) is 12.5 Å². The van der Waals surface area contributed by atoms with Crippen molar-refractivity contribution in [2.75, 3.05) is 6.79 Å². The molecule has 0 spiro atoms. The summed E-state index contributed by atoms with van der Waals surface area (Å²) in [6.45, 7) is 0.341. The molecule has 0 bridgehead atoms. The molecule has 0 saturated heterocycles. The van der Waals surface area contributed by atoms with E-state index in [1.54, 1.807) is 0 Å². The summed E-state index contributed by atoms with van der Waals surface area (Å²) in [5.41, 5.74) is 7.44. The first-order valence-corrected chi connectivity index (χ1v) is 5.97. The van der Waals surface area contributed by atoms with E-state index in [0.717, 1.165) is 23.8 Å². The van der Waals surface area contributed by atoms with Crippen LogP contribution in [0.4, 0.5) is 0 Å². The Morgan fingerprint density at radius 1 is 1.25 bits per heavy atom. The van der Waals surface area contributed by atoms with Crippen molar-refractivity contribution >= 4 is 0 Å². The number of fused-ring (bicyclic) bond motifs is 1. The van der Waals surface area contributed by atoms with E-state index in [-0.39, 0.29) is 0 Å². The number of hydrogen-bond acceptors (Lipinski definition) is 3. The predicted molar refractivity (Wildman–Crippen MR) is 61.6 cm³/mol. The van der Waals surface area contributed by atoms with Crippen molar-refractivity contribution < 1.29 is 9.47 Å². The molecular weight excluding hydrogens is 202 g/mol. The third-order valence-corrected chi connectivity index (χ3v) is 3.66. The quantitative estimate of drug-likeness (QED) is 0.846. The normalized spacial score (nSPS) is 20.6. The number of hydrogen-bond donors (Lipinski definition) is 1. The van der Waals surface area contributed by atoms with Crippen LogP contribution in [0.1, 0.15) is 24.8 Å². The first-order chi connectivity index (χ1) is 7.83. The summed E-state index contributed by atoms with van der Waals surface area (Å²) in [6.07, 6.45) is 4.89. The third-order valence-electron chi connectivity index (χ3n) is 3.66. The fourth-order valence-corrected chi connectivity index (χ4v) is 2.37. The Morgan fingerprint density at radius 2 is 2.06 bits per heavy atom. The second-order valence-corrected chi connectivity index (χ2v) is 4.75. The molecule has 3 rings (SSSR count). The Morgan fingerprint density at radius 3 is 2.81 bits per heavy atom.